The number of pyridine rings is 3. The lowest BCUT2D eigenvalue weighted by Crippen LogP contribution is -2.16. The van der Waals surface area contributed by atoms with E-state index in [1.54, 1.807) is 42.9 Å². The van der Waals surface area contributed by atoms with Gasteiger partial charge in [-0.1, -0.05) is 28.4 Å². The molecule has 0 atom stereocenters. The number of anilines is 2. The molecule has 3 aromatic heterocycles. The normalized spacial score (nSPS) is 12.4. The van der Waals surface area contributed by atoms with E-state index in [1.165, 1.54) is 0 Å². The summed E-state index contributed by atoms with van der Waals surface area (Å²) in [6.45, 7) is 7.57. The Hall–Kier alpha value is -3.16. The number of oxime groups is 1. The van der Waals surface area contributed by atoms with Gasteiger partial charge in [0, 0.05) is 34.9 Å². The van der Waals surface area contributed by atoms with Crippen molar-refractivity contribution in [2.24, 2.45) is 5.16 Å². The third-order valence-corrected chi connectivity index (χ3v) is 5.27. The molecule has 7 nitrogen and oxygen atoms in total. The van der Waals surface area contributed by atoms with Crippen LogP contribution >= 0.6 is 23.2 Å². The Balaban J connectivity index is 1.79. The number of rotatable bonds is 4. The first-order valence-electron chi connectivity index (χ1n) is 9.88. The molecular weight excluding hydrogens is 449 g/mol. The maximum atomic E-state index is 12.6. The van der Waals surface area contributed by atoms with Crippen LogP contribution in [0.25, 0.3) is 21.7 Å². The minimum absolute atomic E-state index is 0.232. The van der Waals surface area contributed by atoms with E-state index in [4.69, 9.17) is 28.0 Å². The van der Waals surface area contributed by atoms with Crippen LogP contribution < -0.4 is 10.9 Å². The fourth-order valence-electron chi connectivity index (χ4n) is 3.17. The SMILES string of the molecule is C/C(=N\OC(C)(C)C)c1cc(Cl)c(Nc2nc3ccncc3c3c(=O)[nH]ccc23)c(Cl)c1. The Bertz CT molecular complexity index is 1400. The van der Waals surface area contributed by atoms with Crippen LogP contribution in [0.5, 0.6) is 0 Å². The van der Waals surface area contributed by atoms with Crippen molar-refractivity contribution in [1.29, 1.82) is 0 Å². The first kappa shape index (κ1) is 22.0. The minimum Gasteiger partial charge on any atom is -0.390 e. The molecule has 0 aliphatic carbocycles. The van der Waals surface area contributed by atoms with Crippen LogP contribution in [0.1, 0.15) is 33.3 Å². The maximum absolute atomic E-state index is 12.6. The molecular formula is C23H21Cl2N5O2. The zero-order valence-electron chi connectivity index (χ0n) is 18.0. The molecule has 2 N–H and O–H groups in total. The highest BCUT2D eigenvalue weighted by Gasteiger charge is 2.16. The molecule has 0 fully saturated rings. The molecule has 164 valence electrons. The van der Waals surface area contributed by atoms with E-state index in [-0.39, 0.29) is 5.56 Å². The zero-order valence-corrected chi connectivity index (χ0v) is 19.5. The minimum atomic E-state index is -0.410. The van der Waals surface area contributed by atoms with Crippen LogP contribution in [0.15, 0.2) is 52.8 Å². The molecule has 1 aromatic carbocycles. The molecule has 4 aromatic rings. The monoisotopic (exact) mass is 469 g/mol. The Kier molecular flexibility index (Phi) is 5.79. The van der Waals surface area contributed by atoms with E-state index in [0.717, 1.165) is 5.56 Å². The number of fused-ring (bicyclic) bond motifs is 3. The molecule has 0 radical (unpaired) electrons. The number of nitrogens with zero attached hydrogens (tertiary/aromatic N) is 3. The van der Waals surface area contributed by atoms with Crippen molar-refractivity contribution in [1.82, 2.24) is 15.0 Å². The number of aromatic nitrogens is 3. The van der Waals surface area contributed by atoms with Gasteiger partial charge in [-0.2, -0.15) is 0 Å². The van der Waals surface area contributed by atoms with Crippen molar-refractivity contribution in [3.8, 4) is 0 Å². The Morgan fingerprint density at radius 2 is 1.88 bits per heavy atom. The van der Waals surface area contributed by atoms with Gasteiger partial charge in [0.15, 0.2) is 0 Å². The van der Waals surface area contributed by atoms with Gasteiger partial charge in [-0.05, 0) is 52.0 Å². The predicted octanol–water partition coefficient (Wildman–Crippen LogP) is 6.06. The van der Waals surface area contributed by atoms with Gasteiger partial charge < -0.3 is 15.1 Å². The smallest absolute Gasteiger partial charge is 0.256 e. The molecule has 32 heavy (non-hydrogen) atoms. The summed E-state index contributed by atoms with van der Waals surface area (Å²) >= 11 is 13.1. The molecule has 0 unspecified atom stereocenters. The topological polar surface area (TPSA) is 92.3 Å². The first-order valence-corrected chi connectivity index (χ1v) is 10.6. The van der Waals surface area contributed by atoms with Gasteiger partial charge in [0.2, 0.25) is 0 Å². The van der Waals surface area contributed by atoms with Crippen molar-refractivity contribution in [2.45, 2.75) is 33.3 Å². The third kappa shape index (κ3) is 4.40. The summed E-state index contributed by atoms with van der Waals surface area (Å²) in [6.07, 6.45) is 4.82. The number of aromatic amines is 1. The van der Waals surface area contributed by atoms with Crippen molar-refractivity contribution in [3.05, 3.63) is 68.8 Å². The van der Waals surface area contributed by atoms with Gasteiger partial charge in [-0.3, -0.25) is 9.78 Å². The summed E-state index contributed by atoms with van der Waals surface area (Å²) in [4.78, 5) is 29.6. The first-order chi connectivity index (χ1) is 15.1. The Morgan fingerprint density at radius 3 is 2.56 bits per heavy atom. The molecule has 4 rings (SSSR count). The second kappa shape index (κ2) is 8.41. The van der Waals surface area contributed by atoms with Crippen molar-refractivity contribution in [2.75, 3.05) is 5.32 Å². The van der Waals surface area contributed by atoms with Gasteiger partial charge >= 0.3 is 0 Å². The van der Waals surface area contributed by atoms with Crippen LogP contribution in [0.4, 0.5) is 11.5 Å². The highest BCUT2D eigenvalue weighted by molar-refractivity contribution is 6.40. The molecule has 0 bridgehead atoms. The van der Waals surface area contributed by atoms with Crippen LogP contribution in [-0.2, 0) is 4.84 Å². The average Bonchev–Trinajstić information content (AvgIpc) is 2.74. The standard InChI is InChI=1S/C23H21Cl2N5O2/c1-12(30-32-23(2,3)4)13-9-16(24)20(17(25)10-13)29-21-14-5-8-27-22(31)19(14)15-11-26-7-6-18(15)28-21/h5-11H,1-4H3,(H,27,31)(H,28,29)/b30-12+. The average molecular weight is 470 g/mol. The second-order valence-electron chi connectivity index (χ2n) is 8.27. The molecule has 0 amide bonds. The van der Waals surface area contributed by atoms with E-state index >= 15 is 0 Å². The highest BCUT2D eigenvalue weighted by atomic mass is 35.5. The summed E-state index contributed by atoms with van der Waals surface area (Å²) in [5, 5.41) is 9.91. The predicted molar refractivity (Wildman–Crippen MR) is 130 cm³/mol. The molecule has 0 aliphatic heterocycles. The van der Waals surface area contributed by atoms with Gasteiger partial charge in [-0.25, -0.2) is 4.98 Å². The lowest BCUT2D eigenvalue weighted by atomic mass is 10.1. The third-order valence-electron chi connectivity index (χ3n) is 4.68. The molecule has 9 heteroatoms. The summed E-state index contributed by atoms with van der Waals surface area (Å²) in [7, 11) is 0. The van der Waals surface area contributed by atoms with Gasteiger partial charge in [0.25, 0.3) is 5.56 Å². The number of H-pyrrole nitrogens is 1. The van der Waals surface area contributed by atoms with Crippen LogP contribution in [0.3, 0.4) is 0 Å². The highest BCUT2D eigenvalue weighted by Crippen LogP contribution is 2.36. The maximum Gasteiger partial charge on any atom is 0.256 e. The lowest BCUT2D eigenvalue weighted by Gasteiger charge is -2.17. The van der Waals surface area contributed by atoms with E-state index in [9.17, 15) is 4.79 Å². The van der Waals surface area contributed by atoms with Gasteiger partial charge in [-0.15, -0.1) is 0 Å². The van der Waals surface area contributed by atoms with Crippen molar-refractivity contribution in [3.63, 3.8) is 0 Å². The fourth-order valence-corrected chi connectivity index (χ4v) is 3.76. The van der Waals surface area contributed by atoms with Crippen molar-refractivity contribution >= 4 is 62.1 Å². The molecule has 0 saturated heterocycles. The summed E-state index contributed by atoms with van der Waals surface area (Å²) in [5.41, 5.74) is 1.83. The van der Waals surface area contributed by atoms with Crippen LogP contribution in [0.2, 0.25) is 10.0 Å². The molecule has 0 aliphatic rings. The van der Waals surface area contributed by atoms with Gasteiger partial charge in [0.1, 0.15) is 11.4 Å². The zero-order chi connectivity index (χ0) is 23.0. The Morgan fingerprint density at radius 1 is 1.16 bits per heavy atom. The van der Waals surface area contributed by atoms with Crippen molar-refractivity contribution < 1.29 is 4.84 Å². The molecule has 3 heterocycles. The van der Waals surface area contributed by atoms with Crippen LogP contribution in [0, 0.1) is 0 Å². The van der Waals surface area contributed by atoms with E-state index < -0.39 is 5.60 Å². The summed E-state index contributed by atoms with van der Waals surface area (Å²) < 4.78 is 0. The number of halogens is 2. The fraction of sp³-hybridized carbons (Fsp3) is 0.217. The number of benzene rings is 1. The molecule has 0 saturated carbocycles. The molecule has 0 spiro atoms. The quantitative estimate of drug-likeness (QED) is 0.215. The summed E-state index contributed by atoms with van der Waals surface area (Å²) in [6, 6.07) is 7.02. The van der Waals surface area contributed by atoms with E-state index in [2.05, 4.69) is 25.4 Å². The number of hydrogen-bond acceptors (Lipinski definition) is 6. The second-order valence-corrected chi connectivity index (χ2v) is 9.08. The number of nitrogens with one attached hydrogen (secondary N) is 2. The lowest BCUT2D eigenvalue weighted by molar-refractivity contribution is 0.000956. The largest absolute Gasteiger partial charge is 0.390 e. The summed E-state index contributed by atoms with van der Waals surface area (Å²) in [5.74, 6) is 0.461. The van der Waals surface area contributed by atoms with E-state index in [1.807, 2.05) is 27.7 Å². The van der Waals surface area contributed by atoms with Crippen LogP contribution in [-0.4, -0.2) is 26.3 Å². The van der Waals surface area contributed by atoms with Gasteiger partial charge in [0.05, 0.1) is 32.3 Å². The Labute approximate surface area is 194 Å². The number of hydrogen-bond donors (Lipinski definition) is 2. The van der Waals surface area contributed by atoms with E-state index in [0.29, 0.717) is 48.9 Å².